The molecule has 1 atom stereocenters. The molecular formula is C36H43N9O3. The first-order chi connectivity index (χ1) is 23.4. The lowest BCUT2D eigenvalue weighted by molar-refractivity contribution is -0.132. The summed E-state index contributed by atoms with van der Waals surface area (Å²) in [6, 6.07) is 14.5. The van der Waals surface area contributed by atoms with E-state index >= 15 is 0 Å². The van der Waals surface area contributed by atoms with Gasteiger partial charge >= 0.3 is 0 Å². The molecule has 2 aromatic carbocycles. The minimum absolute atomic E-state index is 0.133. The van der Waals surface area contributed by atoms with Gasteiger partial charge in [-0.15, -0.1) is 0 Å². The van der Waals surface area contributed by atoms with E-state index in [0.29, 0.717) is 44.7 Å². The summed E-state index contributed by atoms with van der Waals surface area (Å²) in [7, 11) is 3.64. The molecule has 1 N–H and O–H groups in total. The maximum absolute atomic E-state index is 14.0. The van der Waals surface area contributed by atoms with Crippen molar-refractivity contribution in [2.24, 2.45) is 12.5 Å². The van der Waals surface area contributed by atoms with Gasteiger partial charge < -0.3 is 19.4 Å². The second kappa shape index (κ2) is 12.5. The topological polar surface area (TPSA) is 116 Å². The summed E-state index contributed by atoms with van der Waals surface area (Å²) in [5.74, 6) is 1.98. The van der Waals surface area contributed by atoms with Crippen molar-refractivity contribution in [2.45, 2.75) is 38.2 Å². The predicted octanol–water partition coefficient (Wildman–Crippen LogP) is 3.72. The van der Waals surface area contributed by atoms with Gasteiger partial charge in [0.1, 0.15) is 6.33 Å². The van der Waals surface area contributed by atoms with Crippen molar-refractivity contribution in [3.63, 3.8) is 0 Å². The molecule has 1 spiro atoms. The van der Waals surface area contributed by atoms with Crippen LogP contribution in [0.3, 0.4) is 0 Å². The van der Waals surface area contributed by atoms with Crippen LogP contribution in [0.4, 0.5) is 11.5 Å². The van der Waals surface area contributed by atoms with E-state index in [0.717, 1.165) is 79.7 Å². The molecule has 0 bridgehead atoms. The van der Waals surface area contributed by atoms with Crippen LogP contribution in [-0.4, -0.2) is 112 Å². The number of aromatic nitrogens is 5. The fraction of sp³-hybridized carbons (Fsp3) is 0.472. The summed E-state index contributed by atoms with van der Waals surface area (Å²) in [6.07, 6.45) is 8.55. The average Bonchev–Trinajstić information content (AvgIpc) is 3.92. The lowest BCUT2D eigenvalue weighted by Crippen LogP contribution is -2.43. The Labute approximate surface area is 280 Å². The van der Waals surface area contributed by atoms with Crippen molar-refractivity contribution in [1.29, 1.82) is 0 Å². The molecule has 12 heteroatoms. The van der Waals surface area contributed by atoms with Gasteiger partial charge in [-0.1, -0.05) is 30.3 Å². The van der Waals surface area contributed by atoms with Crippen molar-refractivity contribution in [3.05, 3.63) is 60.4 Å². The zero-order valence-corrected chi connectivity index (χ0v) is 27.8. The molecule has 0 aliphatic carbocycles. The molecule has 250 valence electrons. The van der Waals surface area contributed by atoms with Gasteiger partial charge in [-0.05, 0) is 68.0 Å². The van der Waals surface area contributed by atoms with Gasteiger partial charge in [0, 0.05) is 70.1 Å². The van der Waals surface area contributed by atoms with E-state index in [1.165, 1.54) is 11.1 Å². The number of aryl methyl sites for hydroxylation is 1. The summed E-state index contributed by atoms with van der Waals surface area (Å²) >= 11 is 0. The summed E-state index contributed by atoms with van der Waals surface area (Å²) < 4.78 is 7.25. The van der Waals surface area contributed by atoms with Crippen molar-refractivity contribution >= 4 is 39.8 Å². The molecule has 2 amide bonds. The van der Waals surface area contributed by atoms with Crippen LogP contribution in [0.1, 0.15) is 37.7 Å². The standard InChI is InChI=1S/C36H43N9O3/c1-41-24-37-33(40-41)27-5-3-25(4-6-27)26-9-15-43(16-10-26)32(46)22-42-19-13-36(23-42)14-20-45(35(36)47)28-7-8-31-30(21-28)34(39-38-31)44-17-11-29(48-2)12-18-44/h3-9,21,24,29H,10-20,22-23H2,1-2H3,(H,38,39)/t36-/m0/s1. The highest BCUT2D eigenvalue weighted by Gasteiger charge is 2.51. The van der Waals surface area contributed by atoms with Gasteiger partial charge in [-0.2, -0.15) is 10.2 Å². The number of amides is 2. The maximum Gasteiger partial charge on any atom is 0.237 e. The van der Waals surface area contributed by atoms with Crippen LogP contribution in [0.15, 0.2) is 54.9 Å². The smallest absolute Gasteiger partial charge is 0.237 e. The Hall–Kier alpha value is -4.55. The number of likely N-dealkylation sites (tertiary alicyclic amines) is 1. The SMILES string of the molecule is COC1CCN(c2n[nH]c3ccc(N4CC[C@]5(CCN(CC(=O)N6CC=C(c7ccc(-c8ncn(C)n8)cc7)CC6)C5)C4=O)cc23)CC1. The molecule has 8 rings (SSSR count). The summed E-state index contributed by atoms with van der Waals surface area (Å²) in [4.78, 5) is 40.1. The number of methoxy groups -OCH3 is 1. The molecule has 4 aliphatic rings. The number of benzene rings is 2. The van der Waals surface area contributed by atoms with E-state index in [1.54, 1.807) is 18.1 Å². The Bertz CT molecular complexity index is 1860. The van der Waals surface area contributed by atoms with Crippen LogP contribution in [0.5, 0.6) is 0 Å². The summed E-state index contributed by atoms with van der Waals surface area (Å²) in [5.41, 5.74) is 4.89. The third-order valence-electron chi connectivity index (χ3n) is 10.9. The van der Waals surface area contributed by atoms with Crippen molar-refractivity contribution < 1.29 is 14.3 Å². The number of anilines is 2. The van der Waals surface area contributed by atoms with Crippen LogP contribution in [0, 0.1) is 5.41 Å². The molecular weight excluding hydrogens is 606 g/mol. The third kappa shape index (κ3) is 5.66. The van der Waals surface area contributed by atoms with Crippen molar-refractivity contribution in [1.82, 2.24) is 34.8 Å². The number of carbonyl (C=O) groups excluding carboxylic acids is 2. The number of ether oxygens (including phenoxy) is 1. The predicted molar refractivity (Wildman–Crippen MR) is 184 cm³/mol. The van der Waals surface area contributed by atoms with Gasteiger partial charge in [0.2, 0.25) is 11.8 Å². The molecule has 4 aliphatic heterocycles. The molecule has 0 saturated carbocycles. The van der Waals surface area contributed by atoms with E-state index in [2.05, 4.69) is 66.5 Å². The second-order valence-electron chi connectivity index (χ2n) is 13.8. The van der Waals surface area contributed by atoms with E-state index < -0.39 is 5.41 Å². The number of fused-ring (bicyclic) bond motifs is 1. The van der Waals surface area contributed by atoms with E-state index in [1.807, 2.05) is 29.0 Å². The number of aromatic amines is 1. The molecule has 48 heavy (non-hydrogen) atoms. The molecule has 3 saturated heterocycles. The molecule has 4 aromatic rings. The normalized spacial score (nSPS) is 22.4. The monoisotopic (exact) mass is 649 g/mol. The van der Waals surface area contributed by atoms with Gasteiger partial charge in [0.15, 0.2) is 11.6 Å². The molecule has 0 radical (unpaired) electrons. The van der Waals surface area contributed by atoms with Gasteiger partial charge in [0.05, 0.1) is 23.6 Å². The van der Waals surface area contributed by atoms with Gasteiger partial charge in [-0.3, -0.25) is 24.3 Å². The minimum Gasteiger partial charge on any atom is -0.381 e. The molecule has 12 nitrogen and oxygen atoms in total. The maximum atomic E-state index is 14.0. The molecule has 6 heterocycles. The van der Waals surface area contributed by atoms with Gasteiger partial charge in [-0.25, -0.2) is 4.98 Å². The highest BCUT2D eigenvalue weighted by molar-refractivity contribution is 6.03. The Morgan fingerprint density at radius 2 is 1.81 bits per heavy atom. The average molecular weight is 650 g/mol. The zero-order chi connectivity index (χ0) is 32.8. The highest BCUT2D eigenvalue weighted by atomic mass is 16.5. The number of nitrogens with one attached hydrogen (secondary N) is 1. The number of piperidine rings is 1. The summed E-state index contributed by atoms with van der Waals surface area (Å²) in [5, 5.41) is 13.3. The van der Waals surface area contributed by atoms with Crippen molar-refractivity contribution in [2.75, 3.05) is 69.3 Å². The number of nitrogens with zero attached hydrogens (tertiary/aromatic N) is 8. The first-order valence-electron chi connectivity index (χ1n) is 17.1. The van der Waals surface area contributed by atoms with Crippen LogP contribution in [0.25, 0.3) is 27.9 Å². The molecule has 0 unspecified atom stereocenters. The van der Waals surface area contributed by atoms with Crippen molar-refractivity contribution in [3.8, 4) is 11.4 Å². The number of hydrogen-bond acceptors (Lipinski definition) is 8. The number of hydrogen-bond donors (Lipinski definition) is 1. The largest absolute Gasteiger partial charge is 0.381 e. The van der Waals surface area contributed by atoms with Crippen LogP contribution in [-0.2, 0) is 21.4 Å². The lowest BCUT2D eigenvalue weighted by atomic mass is 9.85. The Kier molecular flexibility index (Phi) is 8.00. The Morgan fingerprint density at radius 3 is 2.54 bits per heavy atom. The lowest BCUT2D eigenvalue weighted by Gasteiger charge is -2.31. The third-order valence-corrected chi connectivity index (χ3v) is 10.9. The van der Waals surface area contributed by atoms with E-state index in [9.17, 15) is 9.59 Å². The van der Waals surface area contributed by atoms with Crippen LogP contribution in [0.2, 0.25) is 0 Å². The Balaban J connectivity index is 0.876. The highest BCUT2D eigenvalue weighted by Crippen LogP contribution is 2.43. The van der Waals surface area contributed by atoms with Gasteiger partial charge in [0.25, 0.3) is 0 Å². The first-order valence-corrected chi connectivity index (χ1v) is 17.1. The van der Waals surface area contributed by atoms with Crippen LogP contribution < -0.4 is 9.80 Å². The fourth-order valence-electron chi connectivity index (χ4n) is 7.99. The fourth-order valence-corrected chi connectivity index (χ4v) is 7.99. The molecule has 3 fully saturated rings. The number of H-pyrrole nitrogens is 1. The molecule has 2 aromatic heterocycles. The van der Waals surface area contributed by atoms with E-state index in [-0.39, 0.29) is 11.8 Å². The zero-order valence-electron chi connectivity index (χ0n) is 27.8. The first kappa shape index (κ1) is 30.8. The number of rotatable bonds is 7. The summed E-state index contributed by atoms with van der Waals surface area (Å²) in [6.45, 7) is 5.54. The quantitative estimate of drug-likeness (QED) is 0.322. The second-order valence-corrected chi connectivity index (χ2v) is 13.8. The van der Waals surface area contributed by atoms with Crippen LogP contribution >= 0.6 is 0 Å². The number of carbonyl (C=O) groups is 2. The Morgan fingerprint density at radius 1 is 1.02 bits per heavy atom. The minimum atomic E-state index is -0.428. The van der Waals surface area contributed by atoms with E-state index in [4.69, 9.17) is 4.74 Å².